The van der Waals surface area contributed by atoms with E-state index < -0.39 is 10.2 Å². The fraction of sp³-hybridized carbons (Fsp3) is 1.00. The Morgan fingerprint density at radius 2 is 1.86 bits per heavy atom. The summed E-state index contributed by atoms with van der Waals surface area (Å²) in [4.78, 5) is 2.29. The summed E-state index contributed by atoms with van der Waals surface area (Å²) in [5.74, 6) is 0.471. The summed E-state index contributed by atoms with van der Waals surface area (Å²) in [6, 6.07) is 0. The molecule has 0 amide bonds. The van der Waals surface area contributed by atoms with E-state index in [-0.39, 0.29) is 24.8 Å². The lowest BCUT2D eigenvalue weighted by Crippen LogP contribution is -2.49. The van der Waals surface area contributed by atoms with Crippen molar-refractivity contribution in [3.05, 3.63) is 0 Å². The molecule has 2 N–H and O–H groups in total. The van der Waals surface area contributed by atoms with E-state index in [1.807, 2.05) is 0 Å². The van der Waals surface area contributed by atoms with Gasteiger partial charge in [-0.25, -0.2) is 4.72 Å². The molecule has 2 aliphatic heterocycles. The molecule has 2 fully saturated rings. The van der Waals surface area contributed by atoms with Gasteiger partial charge in [-0.2, -0.15) is 12.7 Å². The molecule has 2 heterocycles. The Balaban J connectivity index is 0.00000200. The van der Waals surface area contributed by atoms with Crippen LogP contribution in [-0.4, -0.2) is 70.0 Å². The maximum absolute atomic E-state index is 12.2. The average molecular weight is 363 g/mol. The van der Waals surface area contributed by atoms with Crippen molar-refractivity contribution in [2.45, 2.75) is 19.8 Å². The molecule has 9 heteroatoms. The third-order valence-corrected chi connectivity index (χ3v) is 5.46. The molecule has 21 heavy (non-hydrogen) atoms. The highest BCUT2D eigenvalue weighted by atomic mass is 35.5. The van der Waals surface area contributed by atoms with Crippen LogP contribution < -0.4 is 10.0 Å². The van der Waals surface area contributed by atoms with Gasteiger partial charge < -0.3 is 5.32 Å². The molecule has 2 saturated heterocycles. The zero-order valence-electron chi connectivity index (χ0n) is 12.6. The summed E-state index contributed by atoms with van der Waals surface area (Å²) in [6.07, 6.45) is 2.10. The van der Waals surface area contributed by atoms with Crippen LogP contribution in [0.25, 0.3) is 0 Å². The Hall–Kier alpha value is 0.370. The summed E-state index contributed by atoms with van der Waals surface area (Å²) < 4.78 is 28.6. The van der Waals surface area contributed by atoms with E-state index in [0.717, 1.165) is 45.6 Å². The number of nitrogens with one attached hydrogen (secondary N) is 2. The fourth-order valence-electron chi connectivity index (χ4n) is 2.72. The lowest BCUT2D eigenvalue weighted by Gasteiger charge is -2.31. The molecular formula is C12H28Cl2N4O2S. The summed E-state index contributed by atoms with van der Waals surface area (Å²) in [5.41, 5.74) is 0. The van der Waals surface area contributed by atoms with Crippen molar-refractivity contribution in [1.29, 1.82) is 0 Å². The lowest BCUT2D eigenvalue weighted by molar-refractivity contribution is 0.242. The monoisotopic (exact) mass is 362 g/mol. The number of hydrogen-bond acceptors (Lipinski definition) is 4. The first-order valence-electron chi connectivity index (χ1n) is 7.26. The van der Waals surface area contributed by atoms with Crippen molar-refractivity contribution in [2.75, 3.05) is 52.4 Å². The van der Waals surface area contributed by atoms with Crippen LogP contribution in [0.3, 0.4) is 0 Å². The molecule has 0 aliphatic carbocycles. The second-order valence-electron chi connectivity index (χ2n) is 5.60. The molecule has 6 nitrogen and oxygen atoms in total. The van der Waals surface area contributed by atoms with Gasteiger partial charge >= 0.3 is 0 Å². The topological polar surface area (TPSA) is 64.7 Å². The SMILES string of the molecule is CC1CCCN(S(=O)(=O)NCCN2CCNCC2)C1.Cl.Cl. The fourth-order valence-corrected chi connectivity index (χ4v) is 4.08. The Labute approximate surface area is 141 Å². The summed E-state index contributed by atoms with van der Waals surface area (Å²) in [5, 5.41) is 3.29. The highest BCUT2D eigenvalue weighted by Gasteiger charge is 2.26. The van der Waals surface area contributed by atoms with Crippen LogP contribution >= 0.6 is 24.8 Å². The number of piperidine rings is 1. The molecule has 128 valence electrons. The molecule has 0 radical (unpaired) electrons. The van der Waals surface area contributed by atoms with E-state index in [1.54, 1.807) is 4.31 Å². The highest BCUT2D eigenvalue weighted by molar-refractivity contribution is 7.87. The van der Waals surface area contributed by atoms with E-state index in [9.17, 15) is 8.42 Å². The van der Waals surface area contributed by atoms with Crippen LogP contribution in [0, 0.1) is 5.92 Å². The minimum absolute atomic E-state index is 0. The Morgan fingerprint density at radius 3 is 2.48 bits per heavy atom. The predicted molar refractivity (Wildman–Crippen MR) is 90.7 cm³/mol. The summed E-state index contributed by atoms with van der Waals surface area (Å²) in [7, 11) is -3.28. The van der Waals surface area contributed by atoms with Crippen molar-refractivity contribution < 1.29 is 8.42 Å². The minimum Gasteiger partial charge on any atom is -0.314 e. The largest absolute Gasteiger partial charge is 0.314 e. The maximum atomic E-state index is 12.2. The molecule has 0 aromatic rings. The van der Waals surface area contributed by atoms with E-state index in [1.165, 1.54) is 0 Å². The minimum atomic E-state index is -3.28. The van der Waals surface area contributed by atoms with Crippen molar-refractivity contribution in [1.82, 2.24) is 19.2 Å². The molecule has 1 atom stereocenters. The van der Waals surface area contributed by atoms with Crippen LogP contribution in [-0.2, 0) is 10.2 Å². The summed E-state index contributed by atoms with van der Waals surface area (Å²) in [6.45, 7) is 8.73. The quantitative estimate of drug-likeness (QED) is 0.738. The van der Waals surface area contributed by atoms with Crippen molar-refractivity contribution in [2.24, 2.45) is 5.92 Å². The number of halogens is 2. The second-order valence-corrected chi connectivity index (χ2v) is 7.35. The molecule has 0 spiro atoms. The van der Waals surface area contributed by atoms with Gasteiger partial charge in [0, 0.05) is 52.4 Å². The first-order valence-corrected chi connectivity index (χ1v) is 8.70. The number of rotatable bonds is 5. The first-order chi connectivity index (χ1) is 9.08. The van der Waals surface area contributed by atoms with Gasteiger partial charge in [0.1, 0.15) is 0 Å². The molecule has 0 aromatic carbocycles. The van der Waals surface area contributed by atoms with Gasteiger partial charge in [0.25, 0.3) is 10.2 Å². The standard InChI is InChI=1S/C12H26N4O2S.2ClH/c1-12-3-2-7-16(11-12)19(17,18)14-6-10-15-8-4-13-5-9-15;;/h12-14H,2-11H2,1H3;2*1H. The van der Waals surface area contributed by atoms with Gasteiger partial charge in [0.2, 0.25) is 0 Å². The first kappa shape index (κ1) is 21.4. The zero-order valence-corrected chi connectivity index (χ0v) is 15.0. The van der Waals surface area contributed by atoms with E-state index in [2.05, 4.69) is 21.9 Å². The zero-order chi connectivity index (χ0) is 13.7. The molecular weight excluding hydrogens is 335 g/mol. The van der Waals surface area contributed by atoms with Gasteiger partial charge in [0.15, 0.2) is 0 Å². The van der Waals surface area contributed by atoms with Crippen LogP contribution in [0.1, 0.15) is 19.8 Å². The molecule has 0 bridgehead atoms. The normalized spacial score (nSPS) is 24.9. The second kappa shape index (κ2) is 10.2. The maximum Gasteiger partial charge on any atom is 0.279 e. The van der Waals surface area contributed by atoms with Crippen LogP contribution in [0.4, 0.5) is 0 Å². The molecule has 0 aromatic heterocycles. The highest BCUT2D eigenvalue weighted by Crippen LogP contribution is 2.17. The van der Waals surface area contributed by atoms with Gasteiger partial charge in [-0.3, -0.25) is 4.90 Å². The van der Waals surface area contributed by atoms with Crippen molar-refractivity contribution in [3.8, 4) is 0 Å². The van der Waals surface area contributed by atoms with Gasteiger partial charge in [-0.15, -0.1) is 24.8 Å². The third-order valence-electron chi connectivity index (χ3n) is 3.88. The average Bonchev–Trinajstić information content (AvgIpc) is 2.40. The Kier molecular flexibility index (Phi) is 10.4. The van der Waals surface area contributed by atoms with E-state index >= 15 is 0 Å². The number of nitrogens with zero attached hydrogens (tertiary/aromatic N) is 2. The molecule has 2 rings (SSSR count). The van der Waals surface area contributed by atoms with E-state index in [0.29, 0.717) is 25.6 Å². The van der Waals surface area contributed by atoms with E-state index in [4.69, 9.17) is 0 Å². The van der Waals surface area contributed by atoms with Crippen molar-refractivity contribution >= 4 is 35.0 Å². The third kappa shape index (κ3) is 6.99. The smallest absolute Gasteiger partial charge is 0.279 e. The lowest BCUT2D eigenvalue weighted by atomic mass is 10.0. The van der Waals surface area contributed by atoms with Crippen LogP contribution in [0.2, 0.25) is 0 Å². The molecule has 2 aliphatic rings. The number of hydrogen-bond donors (Lipinski definition) is 2. The Bertz CT molecular complexity index is 377. The van der Waals surface area contributed by atoms with Gasteiger partial charge in [0.05, 0.1) is 0 Å². The number of piperazine rings is 1. The summed E-state index contributed by atoms with van der Waals surface area (Å²) >= 11 is 0. The molecule has 1 unspecified atom stereocenters. The van der Waals surface area contributed by atoms with Crippen molar-refractivity contribution in [3.63, 3.8) is 0 Å². The molecule has 0 saturated carbocycles. The van der Waals surface area contributed by atoms with Crippen LogP contribution in [0.5, 0.6) is 0 Å². The predicted octanol–water partition coefficient (Wildman–Crippen LogP) is 0.301. The van der Waals surface area contributed by atoms with Crippen LogP contribution in [0.15, 0.2) is 0 Å². The van der Waals surface area contributed by atoms with Gasteiger partial charge in [-0.05, 0) is 18.8 Å². The Morgan fingerprint density at radius 1 is 1.19 bits per heavy atom. The van der Waals surface area contributed by atoms with Gasteiger partial charge in [-0.1, -0.05) is 6.92 Å².